The third-order valence-corrected chi connectivity index (χ3v) is 5.51. The second kappa shape index (κ2) is 10.3. The van der Waals surface area contributed by atoms with Crippen LogP contribution in [0.15, 0.2) is 4.99 Å². The number of ether oxygens (including phenoxy) is 1. The number of hydrogen-bond donors (Lipinski definition) is 2. The Morgan fingerprint density at radius 3 is 2.54 bits per heavy atom. The molecule has 0 saturated carbocycles. The zero-order chi connectivity index (χ0) is 16.8. The molecule has 1 atom stereocenters. The average molecular weight is 482 g/mol. The van der Waals surface area contributed by atoms with E-state index in [2.05, 4.69) is 20.5 Å². The number of nitrogens with one attached hydrogen (secondary N) is 2. The molecule has 2 aliphatic rings. The summed E-state index contributed by atoms with van der Waals surface area (Å²) in [4.78, 5) is 6.47. The summed E-state index contributed by atoms with van der Waals surface area (Å²) >= 11 is 1.92. The van der Waals surface area contributed by atoms with E-state index in [1.165, 1.54) is 0 Å². The third kappa shape index (κ3) is 6.75. The highest BCUT2D eigenvalue weighted by Gasteiger charge is 2.40. The van der Waals surface area contributed by atoms with E-state index in [1.807, 2.05) is 11.8 Å². The van der Waals surface area contributed by atoms with Gasteiger partial charge in [0.25, 0.3) is 0 Å². The molecule has 0 aliphatic carbocycles. The van der Waals surface area contributed by atoms with Gasteiger partial charge in [-0.3, -0.25) is 9.89 Å². The molecule has 24 heavy (non-hydrogen) atoms. The van der Waals surface area contributed by atoms with Gasteiger partial charge in [-0.05, 0) is 12.2 Å². The first-order valence-corrected chi connectivity index (χ1v) is 9.02. The van der Waals surface area contributed by atoms with E-state index in [0.717, 1.165) is 44.2 Å². The fourth-order valence-corrected chi connectivity index (χ4v) is 4.40. The molecule has 2 fully saturated rings. The van der Waals surface area contributed by atoms with Crippen molar-refractivity contribution in [3.63, 3.8) is 0 Å². The molecule has 5 nitrogen and oxygen atoms in total. The second-order valence-electron chi connectivity index (χ2n) is 5.84. The summed E-state index contributed by atoms with van der Waals surface area (Å²) in [6.45, 7) is 3.81. The predicted molar refractivity (Wildman–Crippen MR) is 103 cm³/mol. The van der Waals surface area contributed by atoms with Gasteiger partial charge >= 0.3 is 6.18 Å². The topological polar surface area (TPSA) is 48.9 Å². The zero-order valence-corrected chi connectivity index (χ0v) is 17.0. The Morgan fingerprint density at radius 1 is 1.29 bits per heavy atom. The smallest absolute Gasteiger partial charge is 0.379 e. The van der Waals surface area contributed by atoms with Gasteiger partial charge < -0.3 is 15.4 Å². The molecule has 0 aromatic rings. The number of halogens is 4. The van der Waals surface area contributed by atoms with Crippen LogP contribution in [0.2, 0.25) is 0 Å². The highest BCUT2D eigenvalue weighted by atomic mass is 127. The number of rotatable bonds is 5. The van der Waals surface area contributed by atoms with Crippen LogP contribution in [0.1, 0.15) is 12.8 Å². The summed E-state index contributed by atoms with van der Waals surface area (Å²) in [5.74, 6) is 2.57. The lowest BCUT2D eigenvalue weighted by Gasteiger charge is -2.43. The van der Waals surface area contributed by atoms with Crippen LogP contribution >= 0.6 is 35.7 Å². The van der Waals surface area contributed by atoms with Crippen LogP contribution in [0.25, 0.3) is 0 Å². The number of alkyl halides is 3. The van der Waals surface area contributed by atoms with E-state index in [0.29, 0.717) is 12.5 Å². The first kappa shape index (κ1) is 22.1. The van der Waals surface area contributed by atoms with E-state index < -0.39 is 12.6 Å². The lowest BCUT2D eigenvalue weighted by atomic mass is 9.95. The Balaban J connectivity index is 0.00000288. The van der Waals surface area contributed by atoms with Crippen LogP contribution in [0.3, 0.4) is 0 Å². The molecular weight excluding hydrogens is 456 g/mol. The molecule has 0 radical (unpaired) electrons. The largest absolute Gasteiger partial charge is 0.390 e. The van der Waals surface area contributed by atoms with Crippen molar-refractivity contribution < 1.29 is 17.9 Å². The van der Waals surface area contributed by atoms with Gasteiger partial charge in [0, 0.05) is 44.5 Å². The van der Waals surface area contributed by atoms with Crippen LogP contribution in [0.4, 0.5) is 13.2 Å². The molecule has 0 bridgehead atoms. The van der Waals surface area contributed by atoms with Crippen LogP contribution in [0.5, 0.6) is 0 Å². The Morgan fingerprint density at radius 2 is 2.00 bits per heavy atom. The molecule has 0 spiro atoms. The summed E-state index contributed by atoms with van der Waals surface area (Å²) in [5, 5.41) is 5.95. The number of aliphatic imine (C=N–C) groups is 1. The van der Waals surface area contributed by atoms with Crippen molar-refractivity contribution in [3.8, 4) is 0 Å². The summed E-state index contributed by atoms with van der Waals surface area (Å²) in [7, 11) is 1.58. The number of thioether (sulfide) groups is 1. The van der Waals surface area contributed by atoms with Gasteiger partial charge in [0.15, 0.2) is 5.96 Å². The molecule has 2 rings (SSSR count). The van der Waals surface area contributed by atoms with E-state index in [9.17, 15) is 13.2 Å². The maximum Gasteiger partial charge on any atom is 0.390 e. The Kier molecular flexibility index (Phi) is 9.46. The molecule has 2 N–H and O–H groups in total. The fourth-order valence-electron chi connectivity index (χ4n) is 2.93. The summed E-state index contributed by atoms with van der Waals surface area (Å²) in [6, 6.07) is 0. The van der Waals surface area contributed by atoms with Crippen molar-refractivity contribution in [1.29, 1.82) is 0 Å². The number of hydrogen-bond acceptors (Lipinski definition) is 4. The van der Waals surface area contributed by atoms with Crippen LogP contribution in [-0.2, 0) is 4.74 Å². The first-order valence-electron chi connectivity index (χ1n) is 7.87. The monoisotopic (exact) mass is 482 g/mol. The molecule has 0 amide bonds. The molecule has 2 aliphatic heterocycles. The molecule has 142 valence electrons. The highest BCUT2D eigenvalue weighted by Crippen LogP contribution is 2.33. The summed E-state index contributed by atoms with van der Waals surface area (Å²) in [5.41, 5.74) is 0.0378. The van der Waals surface area contributed by atoms with Crippen LogP contribution in [-0.4, -0.2) is 80.5 Å². The van der Waals surface area contributed by atoms with Crippen molar-refractivity contribution in [2.24, 2.45) is 4.99 Å². The molecule has 0 aromatic carbocycles. The lowest BCUT2D eigenvalue weighted by Crippen LogP contribution is -2.60. The van der Waals surface area contributed by atoms with Crippen LogP contribution in [0, 0.1) is 0 Å². The molecular formula is C14H26F3IN4OS. The standard InChI is InChI=1S/C14H25F3N4OS.HI/c1-18-12(19-4-2-14(15,16)17)20-10-13(3-9-23-11-13)21-5-7-22-8-6-21;/h2-11H2,1H3,(H2,18,19,20);1H. The van der Waals surface area contributed by atoms with Crippen molar-refractivity contribution in [3.05, 3.63) is 0 Å². The molecule has 2 heterocycles. The Labute approximate surface area is 162 Å². The number of nitrogens with zero attached hydrogens (tertiary/aromatic N) is 2. The van der Waals surface area contributed by atoms with Gasteiger partial charge in [0.05, 0.1) is 19.6 Å². The van der Waals surface area contributed by atoms with Gasteiger partial charge in [0.1, 0.15) is 0 Å². The van der Waals surface area contributed by atoms with Crippen molar-refractivity contribution in [2.45, 2.75) is 24.6 Å². The van der Waals surface area contributed by atoms with Gasteiger partial charge in [-0.15, -0.1) is 24.0 Å². The zero-order valence-electron chi connectivity index (χ0n) is 13.8. The Bertz CT molecular complexity index is 400. The molecule has 2 saturated heterocycles. The minimum absolute atomic E-state index is 0. The number of morpholine rings is 1. The minimum atomic E-state index is -4.15. The SMILES string of the molecule is CN=C(NCCC(F)(F)F)NCC1(N2CCOCC2)CCSC1.I. The minimum Gasteiger partial charge on any atom is -0.379 e. The normalized spacial score (nSPS) is 26.1. The van der Waals surface area contributed by atoms with E-state index in [1.54, 1.807) is 7.05 Å². The predicted octanol–water partition coefficient (Wildman–Crippen LogP) is 1.93. The van der Waals surface area contributed by atoms with Gasteiger partial charge in [-0.2, -0.15) is 24.9 Å². The molecule has 1 unspecified atom stereocenters. The van der Waals surface area contributed by atoms with Crippen LogP contribution < -0.4 is 10.6 Å². The average Bonchev–Trinajstić information content (AvgIpc) is 3.00. The summed E-state index contributed by atoms with van der Waals surface area (Å²) < 4.78 is 42.1. The van der Waals surface area contributed by atoms with Gasteiger partial charge in [-0.1, -0.05) is 0 Å². The van der Waals surface area contributed by atoms with Gasteiger partial charge in [-0.25, -0.2) is 0 Å². The number of guanidine groups is 1. The molecule has 10 heteroatoms. The fraction of sp³-hybridized carbons (Fsp3) is 0.929. The Hall–Kier alpha value is 0.0600. The van der Waals surface area contributed by atoms with E-state index in [-0.39, 0.29) is 36.1 Å². The lowest BCUT2D eigenvalue weighted by molar-refractivity contribution is -0.132. The van der Waals surface area contributed by atoms with E-state index >= 15 is 0 Å². The van der Waals surface area contributed by atoms with Crippen molar-refractivity contribution in [1.82, 2.24) is 15.5 Å². The maximum absolute atomic E-state index is 12.2. The highest BCUT2D eigenvalue weighted by molar-refractivity contribution is 14.0. The van der Waals surface area contributed by atoms with Crippen molar-refractivity contribution >= 4 is 41.7 Å². The van der Waals surface area contributed by atoms with Crippen molar-refractivity contribution in [2.75, 3.05) is 57.9 Å². The second-order valence-corrected chi connectivity index (χ2v) is 6.95. The van der Waals surface area contributed by atoms with E-state index in [4.69, 9.17) is 4.74 Å². The first-order chi connectivity index (χ1) is 11.0. The quantitative estimate of drug-likeness (QED) is 0.357. The van der Waals surface area contributed by atoms with Gasteiger partial charge in [0.2, 0.25) is 0 Å². The molecule has 0 aromatic heterocycles. The maximum atomic E-state index is 12.2. The summed E-state index contributed by atoms with van der Waals surface area (Å²) in [6.07, 6.45) is -3.94. The third-order valence-electron chi connectivity index (χ3n) is 4.27.